The summed E-state index contributed by atoms with van der Waals surface area (Å²) < 4.78 is 5.43. The highest BCUT2D eigenvalue weighted by Crippen LogP contribution is 2.31. The molecule has 1 aliphatic heterocycles. The van der Waals surface area contributed by atoms with E-state index in [9.17, 15) is 4.79 Å². The van der Waals surface area contributed by atoms with Crippen LogP contribution < -0.4 is 0 Å². The summed E-state index contributed by atoms with van der Waals surface area (Å²) in [6.07, 6.45) is 4.47. The number of halogens is 2. The van der Waals surface area contributed by atoms with Gasteiger partial charge in [0.1, 0.15) is 0 Å². The fourth-order valence-electron chi connectivity index (χ4n) is 2.97. The lowest BCUT2D eigenvalue weighted by Crippen LogP contribution is -2.37. The first-order valence-electron chi connectivity index (χ1n) is 7.95. The molecule has 1 heterocycles. The summed E-state index contributed by atoms with van der Waals surface area (Å²) >= 11 is 12.2. The van der Waals surface area contributed by atoms with Crippen molar-refractivity contribution in [3.05, 3.63) is 33.8 Å². The first-order valence-corrected chi connectivity index (χ1v) is 8.71. The quantitative estimate of drug-likeness (QED) is 0.783. The molecule has 1 saturated heterocycles. The summed E-state index contributed by atoms with van der Waals surface area (Å²) in [4.78, 5) is 14.7. The molecule has 120 valence electrons. The summed E-state index contributed by atoms with van der Waals surface area (Å²) in [5, 5.41) is 1.12. The van der Waals surface area contributed by atoms with Crippen LogP contribution in [0.3, 0.4) is 0 Å². The number of rotatable bonds is 6. The maximum absolute atomic E-state index is 12.6. The third-order valence-corrected chi connectivity index (χ3v) is 5.28. The van der Waals surface area contributed by atoms with Crippen LogP contribution in [0.5, 0.6) is 0 Å². The van der Waals surface area contributed by atoms with E-state index < -0.39 is 0 Å². The van der Waals surface area contributed by atoms with E-state index in [-0.39, 0.29) is 5.91 Å². The van der Waals surface area contributed by atoms with Crippen LogP contribution in [0.2, 0.25) is 10.0 Å². The molecule has 1 amide bonds. The minimum Gasteiger partial charge on any atom is -0.381 e. The fourth-order valence-corrected chi connectivity index (χ4v) is 3.39. The molecule has 1 aromatic rings. The van der Waals surface area contributed by atoms with Crippen LogP contribution in [-0.2, 0) is 16.0 Å². The van der Waals surface area contributed by atoms with Gasteiger partial charge < -0.3 is 9.64 Å². The van der Waals surface area contributed by atoms with E-state index in [0.29, 0.717) is 34.8 Å². The molecule has 0 unspecified atom stereocenters. The van der Waals surface area contributed by atoms with Crippen molar-refractivity contribution < 1.29 is 9.53 Å². The van der Waals surface area contributed by atoms with Gasteiger partial charge in [0.2, 0.25) is 5.91 Å². The largest absolute Gasteiger partial charge is 0.381 e. The third kappa shape index (κ3) is 3.95. The molecular weight excluding hydrogens is 321 g/mol. The molecule has 1 saturated carbocycles. The molecule has 2 fully saturated rings. The Morgan fingerprint density at radius 1 is 1.27 bits per heavy atom. The van der Waals surface area contributed by atoms with Crippen molar-refractivity contribution in [1.29, 1.82) is 0 Å². The Bertz CT molecular complexity index is 539. The van der Waals surface area contributed by atoms with Crippen LogP contribution in [0.25, 0.3) is 0 Å². The van der Waals surface area contributed by atoms with Crippen molar-refractivity contribution in [2.24, 2.45) is 5.92 Å². The van der Waals surface area contributed by atoms with Gasteiger partial charge in [0.25, 0.3) is 0 Å². The van der Waals surface area contributed by atoms with Crippen LogP contribution in [0.4, 0.5) is 0 Å². The molecule has 0 aromatic heterocycles. The first kappa shape index (κ1) is 16.1. The Kier molecular flexibility index (Phi) is 5.27. The van der Waals surface area contributed by atoms with Crippen LogP contribution in [0.15, 0.2) is 18.2 Å². The molecule has 5 heteroatoms. The third-order valence-electron chi connectivity index (χ3n) is 4.43. The summed E-state index contributed by atoms with van der Waals surface area (Å²) in [7, 11) is 0. The smallest absolute Gasteiger partial charge is 0.223 e. The van der Waals surface area contributed by atoms with Gasteiger partial charge in [0.15, 0.2) is 0 Å². The first-order chi connectivity index (χ1) is 10.6. The number of nitrogens with zero attached hydrogens (tertiary/aromatic N) is 1. The van der Waals surface area contributed by atoms with Gasteiger partial charge in [-0.1, -0.05) is 35.3 Å². The van der Waals surface area contributed by atoms with Crippen molar-refractivity contribution >= 4 is 29.1 Å². The predicted molar refractivity (Wildman–Crippen MR) is 88.4 cm³/mol. The monoisotopic (exact) mass is 341 g/mol. The van der Waals surface area contributed by atoms with Crippen molar-refractivity contribution in [1.82, 2.24) is 4.90 Å². The minimum atomic E-state index is 0.227. The van der Waals surface area contributed by atoms with Gasteiger partial charge in [-0.15, -0.1) is 0 Å². The van der Waals surface area contributed by atoms with E-state index >= 15 is 0 Å². The Labute approximate surface area is 141 Å². The molecule has 3 rings (SSSR count). The average molecular weight is 342 g/mol. The molecule has 22 heavy (non-hydrogen) atoms. The second kappa shape index (κ2) is 7.20. The average Bonchev–Trinajstić information content (AvgIpc) is 3.22. The van der Waals surface area contributed by atoms with E-state index in [1.165, 1.54) is 0 Å². The number of hydrogen-bond acceptors (Lipinski definition) is 2. The number of aryl methyl sites for hydroxylation is 1. The molecule has 0 spiro atoms. The second-order valence-corrected chi connectivity index (χ2v) is 7.00. The Balaban J connectivity index is 1.58. The summed E-state index contributed by atoms with van der Waals surface area (Å²) in [5.74, 6) is 0.727. The molecule has 0 radical (unpaired) electrons. The van der Waals surface area contributed by atoms with Crippen molar-refractivity contribution in [2.75, 3.05) is 19.8 Å². The molecular formula is C17H21Cl2NO2. The molecule has 3 nitrogen and oxygen atoms in total. The summed E-state index contributed by atoms with van der Waals surface area (Å²) in [6, 6.07) is 6.03. The van der Waals surface area contributed by atoms with E-state index in [2.05, 4.69) is 4.90 Å². The molecule has 1 aromatic carbocycles. The molecule has 2 aliphatic rings. The highest BCUT2D eigenvalue weighted by Gasteiger charge is 2.34. The van der Waals surface area contributed by atoms with Crippen LogP contribution in [0, 0.1) is 5.92 Å². The highest BCUT2D eigenvalue weighted by atomic mass is 35.5. The van der Waals surface area contributed by atoms with E-state index in [0.717, 1.165) is 44.6 Å². The Morgan fingerprint density at radius 2 is 2.09 bits per heavy atom. The standard InChI is InChI=1S/C17H21Cl2NO2/c18-15-3-1-2-13(17(15)19)4-7-16(21)20(14-5-6-14)10-12-8-9-22-11-12/h1-3,12,14H,4-11H2/t12-/m1/s1. The lowest BCUT2D eigenvalue weighted by atomic mass is 10.1. The fraction of sp³-hybridized carbons (Fsp3) is 0.588. The number of carbonyl (C=O) groups excluding carboxylic acids is 1. The SMILES string of the molecule is O=C(CCc1cccc(Cl)c1Cl)N(C[C@H]1CCOC1)C1CC1. The Hall–Kier alpha value is -0.770. The van der Waals surface area contributed by atoms with Gasteiger partial charge in [0, 0.05) is 31.5 Å². The van der Waals surface area contributed by atoms with Gasteiger partial charge in [0.05, 0.1) is 16.7 Å². The Morgan fingerprint density at radius 3 is 2.77 bits per heavy atom. The minimum absolute atomic E-state index is 0.227. The van der Waals surface area contributed by atoms with E-state index in [4.69, 9.17) is 27.9 Å². The van der Waals surface area contributed by atoms with Crippen LogP contribution >= 0.6 is 23.2 Å². The predicted octanol–water partition coefficient (Wildman–Crippen LogP) is 3.95. The molecule has 0 bridgehead atoms. The second-order valence-electron chi connectivity index (χ2n) is 6.22. The van der Waals surface area contributed by atoms with Crippen LogP contribution in [-0.4, -0.2) is 36.6 Å². The molecule has 1 atom stereocenters. The molecule has 0 N–H and O–H groups in total. The van der Waals surface area contributed by atoms with E-state index in [1.54, 1.807) is 6.07 Å². The van der Waals surface area contributed by atoms with Gasteiger partial charge in [-0.2, -0.15) is 0 Å². The summed E-state index contributed by atoms with van der Waals surface area (Å²) in [6.45, 7) is 2.46. The van der Waals surface area contributed by atoms with Crippen LogP contribution in [0.1, 0.15) is 31.2 Å². The van der Waals surface area contributed by atoms with Gasteiger partial charge in [-0.05, 0) is 37.3 Å². The number of amides is 1. The number of hydrogen-bond donors (Lipinski definition) is 0. The lowest BCUT2D eigenvalue weighted by Gasteiger charge is -2.25. The van der Waals surface area contributed by atoms with Gasteiger partial charge in [-0.25, -0.2) is 0 Å². The number of benzene rings is 1. The van der Waals surface area contributed by atoms with Gasteiger partial charge >= 0.3 is 0 Å². The number of carbonyl (C=O) groups is 1. The maximum atomic E-state index is 12.6. The van der Waals surface area contributed by atoms with Crippen molar-refractivity contribution in [3.63, 3.8) is 0 Å². The van der Waals surface area contributed by atoms with Crippen molar-refractivity contribution in [3.8, 4) is 0 Å². The zero-order chi connectivity index (χ0) is 15.5. The van der Waals surface area contributed by atoms with Gasteiger partial charge in [-0.3, -0.25) is 4.79 Å². The van der Waals surface area contributed by atoms with Crippen molar-refractivity contribution in [2.45, 2.75) is 38.1 Å². The zero-order valence-corrected chi connectivity index (χ0v) is 14.1. The zero-order valence-electron chi connectivity index (χ0n) is 12.6. The molecule has 1 aliphatic carbocycles. The van der Waals surface area contributed by atoms with E-state index in [1.807, 2.05) is 12.1 Å². The summed E-state index contributed by atoms with van der Waals surface area (Å²) in [5.41, 5.74) is 0.947. The normalized spacial score (nSPS) is 21.1. The maximum Gasteiger partial charge on any atom is 0.223 e. The topological polar surface area (TPSA) is 29.5 Å². The lowest BCUT2D eigenvalue weighted by molar-refractivity contribution is -0.132. The number of ether oxygens (including phenoxy) is 1. The highest BCUT2D eigenvalue weighted by molar-refractivity contribution is 6.42.